The molecule has 2 bridgehead atoms. The van der Waals surface area contributed by atoms with E-state index in [4.69, 9.17) is 4.74 Å². The highest BCUT2D eigenvalue weighted by atomic mass is 16.5. The largest absolute Gasteiger partial charge is 0.497 e. The van der Waals surface area contributed by atoms with E-state index in [0.29, 0.717) is 11.8 Å². The second kappa shape index (κ2) is 6.31. The molecule has 1 N–H and O–H groups in total. The van der Waals surface area contributed by atoms with Crippen LogP contribution >= 0.6 is 0 Å². The SMILES string of the molecule is COc1ccc([C@H](NC(=O)[C@H]2C[C@H]3CC[C@H]2C3)C(C)C)cc1. The Morgan fingerprint density at radius 1 is 1.18 bits per heavy atom. The first-order valence-corrected chi connectivity index (χ1v) is 8.52. The maximum atomic E-state index is 12.7. The summed E-state index contributed by atoms with van der Waals surface area (Å²) >= 11 is 0. The van der Waals surface area contributed by atoms with E-state index in [-0.39, 0.29) is 17.9 Å². The fraction of sp³-hybridized carbons (Fsp3) is 0.632. The van der Waals surface area contributed by atoms with Gasteiger partial charge in [-0.15, -0.1) is 0 Å². The lowest BCUT2D eigenvalue weighted by molar-refractivity contribution is -0.127. The Balaban J connectivity index is 1.69. The molecule has 1 aromatic carbocycles. The van der Waals surface area contributed by atoms with E-state index in [1.807, 2.05) is 12.1 Å². The standard InChI is InChI=1S/C19H27NO2/c1-12(2)18(14-6-8-16(22-3)9-7-14)20-19(21)17-11-13-4-5-15(17)10-13/h6-9,12-13,15,17-18H,4-5,10-11H2,1-3H3,(H,20,21)/t13-,15-,17-,18+/m0/s1. The first-order valence-electron chi connectivity index (χ1n) is 8.52. The Hall–Kier alpha value is -1.51. The molecule has 0 saturated heterocycles. The lowest BCUT2D eigenvalue weighted by Crippen LogP contribution is -2.38. The van der Waals surface area contributed by atoms with Crippen molar-refractivity contribution in [2.24, 2.45) is 23.7 Å². The number of ether oxygens (including phenoxy) is 1. The topological polar surface area (TPSA) is 38.3 Å². The zero-order valence-electron chi connectivity index (χ0n) is 13.8. The molecule has 3 rings (SSSR count). The fourth-order valence-electron chi connectivity index (χ4n) is 4.27. The molecule has 4 atom stereocenters. The van der Waals surface area contributed by atoms with E-state index in [1.165, 1.54) is 19.3 Å². The van der Waals surface area contributed by atoms with Gasteiger partial charge in [0.1, 0.15) is 5.75 Å². The number of hydrogen-bond donors (Lipinski definition) is 1. The number of amides is 1. The van der Waals surface area contributed by atoms with Gasteiger partial charge in [-0.2, -0.15) is 0 Å². The molecule has 3 heteroatoms. The number of nitrogens with one attached hydrogen (secondary N) is 1. The smallest absolute Gasteiger partial charge is 0.223 e. The molecule has 0 unspecified atom stereocenters. The molecule has 2 aliphatic rings. The van der Waals surface area contributed by atoms with Gasteiger partial charge in [0.2, 0.25) is 5.91 Å². The van der Waals surface area contributed by atoms with Crippen LogP contribution in [-0.4, -0.2) is 13.0 Å². The van der Waals surface area contributed by atoms with E-state index in [0.717, 1.165) is 23.7 Å². The maximum Gasteiger partial charge on any atom is 0.223 e. The van der Waals surface area contributed by atoms with Crippen molar-refractivity contribution < 1.29 is 9.53 Å². The highest BCUT2D eigenvalue weighted by Crippen LogP contribution is 2.48. The molecule has 0 aliphatic heterocycles. The molecule has 120 valence electrons. The Labute approximate surface area is 133 Å². The average molecular weight is 301 g/mol. The van der Waals surface area contributed by atoms with Gasteiger partial charge in [0.05, 0.1) is 13.2 Å². The molecule has 1 aromatic rings. The van der Waals surface area contributed by atoms with Gasteiger partial charge in [-0.05, 0) is 54.7 Å². The third-order valence-electron chi connectivity index (χ3n) is 5.51. The highest BCUT2D eigenvalue weighted by Gasteiger charge is 2.43. The van der Waals surface area contributed by atoms with E-state index in [9.17, 15) is 4.79 Å². The molecule has 0 radical (unpaired) electrons. The van der Waals surface area contributed by atoms with Crippen LogP contribution in [0.15, 0.2) is 24.3 Å². The summed E-state index contributed by atoms with van der Waals surface area (Å²) in [6, 6.07) is 8.13. The summed E-state index contributed by atoms with van der Waals surface area (Å²) in [5.74, 6) is 3.18. The first kappa shape index (κ1) is 15.4. The Kier molecular flexibility index (Phi) is 4.42. The lowest BCUT2D eigenvalue weighted by Gasteiger charge is -2.27. The molecule has 2 fully saturated rings. The van der Waals surface area contributed by atoms with Crippen molar-refractivity contribution >= 4 is 5.91 Å². The van der Waals surface area contributed by atoms with Gasteiger partial charge in [-0.25, -0.2) is 0 Å². The van der Waals surface area contributed by atoms with Crippen molar-refractivity contribution in [1.29, 1.82) is 0 Å². The molecular weight excluding hydrogens is 274 g/mol. The number of carbonyl (C=O) groups is 1. The summed E-state index contributed by atoms with van der Waals surface area (Å²) in [5, 5.41) is 3.32. The minimum atomic E-state index is 0.0810. The van der Waals surface area contributed by atoms with Gasteiger partial charge in [0.25, 0.3) is 0 Å². The molecule has 0 heterocycles. The van der Waals surface area contributed by atoms with Crippen LogP contribution in [0, 0.1) is 23.7 Å². The van der Waals surface area contributed by atoms with Gasteiger partial charge >= 0.3 is 0 Å². The molecule has 0 spiro atoms. The van der Waals surface area contributed by atoms with Crippen molar-refractivity contribution in [1.82, 2.24) is 5.32 Å². The maximum absolute atomic E-state index is 12.7. The van der Waals surface area contributed by atoms with Gasteiger partial charge in [-0.1, -0.05) is 32.4 Å². The predicted molar refractivity (Wildman–Crippen MR) is 87.7 cm³/mol. The van der Waals surface area contributed by atoms with Crippen LogP contribution in [0.25, 0.3) is 0 Å². The van der Waals surface area contributed by atoms with Crippen LogP contribution in [0.5, 0.6) is 5.75 Å². The number of methoxy groups -OCH3 is 1. The highest BCUT2D eigenvalue weighted by molar-refractivity contribution is 5.80. The zero-order valence-corrected chi connectivity index (χ0v) is 13.8. The summed E-state index contributed by atoms with van der Waals surface area (Å²) in [4.78, 5) is 12.7. The minimum Gasteiger partial charge on any atom is -0.497 e. The Bertz CT molecular complexity index is 523. The molecule has 2 aliphatic carbocycles. The lowest BCUT2D eigenvalue weighted by atomic mass is 9.87. The number of benzene rings is 1. The van der Waals surface area contributed by atoms with Crippen LogP contribution in [0.2, 0.25) is 0 Å². The quantitative estimate of drug-likeness (QED) is 0.894. The van der Waals surface area contributed by atoms with Crippen molar-refractivity contribution in [3.05, 3.63) is 29.8 Å². The average Bonchev–Trinajstić information content (AvgIpc) is 3.15. The normalized spacial score (nSPS) is 27.9. The van der Waals surface area contributed by atoms with Crippen LogP contribution in [-0.2, 0) is 4.79 Å². The molecule has 1 amide bonds. The van der Waals surface area contributed by atoms with Gasteiger partial charge < -0.3 is 10.1 Å². The third kappa shape index (κ3) is 2.99. The van der Waals surface area contributed by atoms with E-state index >= 15 is 0 Å². The molecule has 2 saturated carbocycles. The van der Waals surface area contributed by atoms with Gasteiger partial charge in [-0.3, -0.25) is 4.79 Å². The third-order valence-corrected chi connectivity index (χ3v) is 5.51. The summed E-state index contributed by atoms with van der Waals surface area (Å²) in [5.41, 5.74) is 1.16. The van der Waals surface area contributed by atoms with E-state index in [1.54, 1.807) is 7.11 Å². The number of carbonyl (C=O) groups excluding carboxylic acids is 1. The van der Waals surface area contributed by atoms with Crippen LogP contribution in [0.4, 0.5) is 0 Å². The second-order valence-corrected chi connectivity index (χ2v) is 7.28. The minimum absolute atomic E-state index is 0.0810. The van der Waals surface area contributed by atoms with E-state index in [2.05, 4.69) is 31.3 Å². The van der Waals surface area contributed by atoms with Crippen molar-refractivity contribution in [3.8, 4) is 5.75 Å². The van der Waals surface area contributed by atoms with E-state index < -0.39 is 0 Å². The Morgan fingerprint density at radius 2 is 1.91 bits per heavy atom. The van der Waals surface area contributed by atoms with Gasteiger partial charge in [0, 0.05) is 5.92 Å². The summed E-state index contributed by atoms with van der Waals surface area (Å²) in [6.07, 6.45) is 4.95. The monoisotopic (exact) mass is 301 g/mol. The van der Waals surface area contributed by atoms with Crippen LogP contribution in [0.1, 0.15) is 51.1 Å². The zero-order chi connectivity index (χ0) is 15.7. The molecule has 22 heavy (non-hydrogen) atoms. The molecular formula is C19H27NO2. The van der Waals surface area contributed by atoms with Crippen molar-refractivity contribution in [3.63, 3.8) is 0 Å². The number of fused-ring (bicyclic) bond motifs is 2. The second-order valence-electron chi connectivity index (χ2n) is 7.28. The van der Waals surface area contributed by atoms with Gasteiger partial charge in [0.15, 0.2) is 0 Å². The fourth-order valence-corrected chi connectivity index (χ4v) is 4.27. The summed E-state index contributed by atoms with van der Waals surface area (Å²) in [6.45, 7) is 4.33. The van der Waals surface area contributed by atoms with Crippen LogP contribution < -0.4 is 10.1 Å². The number of rotatable bonds is 5. The van der Waals surface area contributed by atoms with Crippen molar-refractivity contribution in [2.75, 3.05) is 7.11 Å². The van der Waals surface area contributed by atoms with Crippen LogP contribution in [0.3, 0.4) is 0 Å². The van der Waals surface area contributed by atoms with Crippen molar-refractivity contribution in [2.45, 2.75) is 45.6 Å². The molecule has 3 nitrogen and oxygen atoms in total. The summed E-state index contributed by atoms with van der Waals surface area (Å²) in [7, 11) is 1.67. The predicted octanol–water partition coefficient (Wildman–Crippen LogP) is 3.94. The Morgan fingerprint density at radius 3 is 2.41 bits per heavy atom. The first-order chi connectivity index (χ1) is 10.6. The summed E-state index contributed by atoms with van der Waals surface area (Å²) < 4.78 is 5.22. The number of hydrogen-bond acceptors (Lipinski definition) is 2. The molecule has 0 aromatic heterocycles.